The van der Waals surface area contributed by atoms with E-state index in [1.54, 1.807) is 12.4 Å². The van der Waals surface area contributed by atoms with E-state index >= 15 is 0 Å². The van der Waals surface area contributed by atoms with E-state index in [0.29, 0.717) is 0 Å². The van der Waals surface area contributed by atoms with E-state index in [1.807, 2.05) is 6.92 Å². The Morgan fingerprint density at radius 2 is 1.65 bits per heavy atom. The third kappa shape index (κ3) is 2.11. The number of rotatable bonds is 1. The van der Waals surface area contributed by atoms with Gasteiger partial charge in [0.15, 0.2) is 5.82 Å². The number of aryl methyl sites for hydroxylation is 1. The summed E-state index contributed by atoms with van der Waals surface area (Å²) in [6, 6.07) is 3.56. The molecule has 84 valence electrons. The van der Waals surface area contributed by atoms with Crippen LogP contribution in [-0.4, -0.2) is 9.97 Å². The summed E-state index contributed by atoms with van der Waals surface area (Å²) in [7, 11) is 0. The zero-order valence-electron chi connectivity index (χ0n) is 8.91. The molecule has 0 saturated carbocycles. The van der Waals surface area contributed by atoms with Gasteiger partial charge in [0, 0.05) is 18.0 Å². The number of nitrogens with zero attached hydrogens (tertiary/aromatic N) is 3. The van der Waals surface area contributed by atoms with Crippen LogP contribution in [0.3, 0.4) is 0 Å². The van der Waals surface area contributed by atoms with E-state index in [1.165, 1.54) is 6.07 Å². The van der Waals surface area contributed by atoms with Crippen molar-refractivity contribution in [1.29, 1.82) is 5.26 Å². The van der Waals surface area contributed by atoms with Crippen molar-refractivity contribution in [1.82, 2.24) is 9.97 Å². The minimum Gasteiger partial charge on any atom is -0.236 e. The molecule has 0 aliphatic heterocycles. The highest BCUT2D eigenvalue weighted by atomic mass is 19.1. The molecule has 0 radical (unpaired) electrons. The Balaban J connectivity index is 2.55. The highest BCUT2D eigenvalue weighted by Gasteiger charge is 2.12. The quantitative estimate of drug-likeness (QED) is 0.757. The molecule has 0 aliphatic rings. The monoisotopic (exact) mass is 231 g/mol. The highest BCUT2D eigenvalue weighted by molar-refractivity contribution is 5.57. The minimum absolute atomic E-state index is 0.207. The Morgan fingerprint density at radius 1 is 1.12 bits per heavy atom. The Bertz CT molecular complexity index is 577. The Morgan fingerprint density at radius 3 is 2.12 bits per heavy atom. The summed E-state index contributed by atoms with van der Waals surface area (Å²) in [4.78, 5) is 7.92. The molecule has 3 nitrogen and oxygen atoms in total. The number of benzene rings is 1. The number of nitriles is 1. The molecule has 0 atom stereocenters. The van der Waals surface area contributed by atoms with E-state index < -0.39 is 17.2 Å². The lowest BCUT2D eigenvalue weighted by molar-refractivity contribution is 0.577. The molecule has 0 fully saturated rings. The normalized spacial score (nSPS) is 10.0. The van der Waals surface area contributed by atoms with Gasteiger partial charge in [-0.15, -0.1) is 0 Å². The van der Waals surface area contributed by atoms with Crippen molar-refractivity contribution < 1.29 is 8.78 Å². The maximum Gasteiger partial charge on any atom is 0.159 e. The molecule has 0 N–H and O–H groups in total. The number of hydrogen-bond acceptors (Lipinski definition) is 3. The Labute approximate surface area is 96.4 Å². The Kier molecular flexibility index (Phi) is 2.79. The molecule has 17 heavy (non-hydrogen) atoms. The maximum absolute atomic E-state index is 13.4. The van der Waals surface area contributed by atoms with Crippen LogP contribution < -0.4 is 0 Å². The molecule has 5 heteroatoms. The average molecular weight is 231 g/mol. The van der Waals surface area contributed by atoms with Gasteiger partial charge in [0.25, 0.3) is 0 Å². The van der Waals surface area contributed by atoms with Crippen molar-refractivity contribution >= 4 is 0 Å². The standard InChI is InChI=1S/C12H7F2N3/c1-7-5-16-12(17-6-7)8-2-10(13)9(4-15)11(14)3-8/h2-3,5-6H,1H3. The largest absolute Gasteiger partial charge is 0.236 e. The minimum atomic E-state index is -0.910. The fraction of sp³-hybridized carbons (Fsp3) is 0.0833. The topological polar surface area (TPSA) is 49.6 Å². The number of aromatic nitrogens is 2. The molecule has 2 aromatic rings. The van der Waals surface area contributed by atoms with Crippen LogP contribution in [-0.2, 0) is 0 Å². The second kappa shape index (κ2) is 4.26. The SMILES string of the molecule is Cc1cnc(-c2cc(F)c(C#N)c(F)c2)nc1. The lowest BCUT2D eigenvalue weighted by Crippen LogP contribution is -1.95. The van der Waals surface area contributed by atoms with Gasteiger partial charge >= 0.3 is 0 Å². The number of halogens is 2. The van der Waals surface area contributed by atoms with Gasteiger partial charge in [-0.25, -0.2) is 18.7 Å². The summed E-state index contributed by atoms with van der Waals surface area (Å²) < 4.78 is 26.7. The fourth-order valence-electron chi connectivity index (χ4n) is 1.35. The van der Waals surface area contributed by atoms with E-state index in [9.17, 15) is 8.78 Å². The summed E-state index contributed by atoms with van der Waals surface area (Å²) in [5.41, 5.74) is 0.461. The van der Waals surface area contributed by atoms with Crippen LogP contribution in [0.5, 0.6) is 0 Å². The zero-order chi connectivity index (χ0) is 12.4. The van der Waals surface area contributed by atoms with Gasteiger partial charge < -0.3 is 0 Å². The molecule has 1 aromatic heterocycles. The smallest absolute Gasteiger partial charge is 0.159 e. The van der Waals surface area contributed by atoms with Crippen molar-refractivity contribution in [2.75, 3.05) is 0 Å². The van der Waals surface area contributed by atoms with Gasteiger partial charge in [0.1, 0.15) is 23.3 Å². The third-order valence-electron chi connectivity index (χ3n) is 2.19. The molecule has 0 unspecified atom stereocenters. The van der Waals surface area contributed by atoms with Crippen LogP contribution in [0.2, 0.25) is 0 Å². The molecule has 1 aromatic carbocycles. The predicted octanol–water partition coefficient (Wildman–Crippen LogP) is 2.60. The lowest BCUT2D eigenvalue weighted by Gasteiger charge is -2.02. The van der Waals surface area contributed by atoms with E-state index in [4.69, 9.17) is 5.26 Å². The highest BCUT2D eigenvalue weighted by Crippen LogP contribution is 2.21. The first-order valence-corrected chi connectivity index (χ1v) is 4.80. The summed E-state index contributed by atoms with van der Waals surface area (Å²) in [6.07, 6.45) is 3.10. The summed E-state index contributed by atoms with van der Waals surface area (Å²) >= 11 is 0. The van der Waals surface area contributed by atoms with Crippen LogP contribution in [0.15, 0.2) is 24.5 Å². The van der Waals surface area contributed by atoms with Crippen LogP contribution >= 0.6 is 0 Å². The summed E-state index contributed by atoms with van der Waals surface area (Å²) in [5, 5.41) is 8.54. The van der Waals surface area contributed by atoms with Crippen molar-refractivity contribution in [2.24, 2.45) is 0 Å². The molecule has 0 aliphatic carbocycles. The maximum atomic E-state index is 13.4. The second-order valence-electron chi connectivity index (χ2n) is 3.51. The van der Waals surface area contributed by atoms with E-state index in [-0.39, 0.29) is 11.4 Å². The molecular formula is C12H7F2N3. The predicted molar refractivity (Wildman–Crippen MR) is 56.8 cm³/mol. The lowest BCUT2D eigenvalue weighted by atomic mass is 10.1. The first-order valence-electron chi connectivity index (χ1n) is 4.80. The van der Waals surface area contributed by atoms with Crippen LogP contribution in [0, 0.1) is 29.9 Å². The first-order chi connectivity index (χ1) is 8.11. The molecule has 2 rings (SSSR count). The second-order valence-corrected chi connectivity index (χ2v) is 3.51. The van der Waals surface area contributed by atoms with Gasteiger partial charge in [-0.2, -0.15) is 5.26 Å². The summed E-state index contributed by atoms with van der Waals surface area (Å²) in [5.74, 6) is -1.60. The van der Waals surface area contributed by atoms with E-state index in [2.05, 4.69) is 9.97 Å². The van der Waals surface area contributed by atoms with Gasteiger partial charge in [-0.05, 0) is 24.6 Å². The van der Waals surface area contributed by atoms with Crippen molar-refractivity contribution in [3.8, 4) is 17.5 Å². The Hall–Kier alpha value is -2.35. The first kappa shape index (κ1) is 11.1. The average Bonchev–Trinajstić information content (AvgIpc) is 2.29. The van der Waals surface area contributed by atoms with Gasteiger partial charge in [0.2, 0.25) is 0 Å². The fourth-order valence-corrected chi connectivity index (χ4v) is 1.35. The van der Waals surface area contributed by atoms with Gasteiger partial charge in [0.05, 0.1) is 0 Å². The molecule has 0 saturated heterocycles. The van der Waals surface area contributed by atoms with Crippen LogP contribution in [0.25, 0.3) is 11.4 Å². The molecule has 1 heterocycles. The van der Waals surface area contributed by atoms with Gasteiger partial charge in [-0.1, -0.05) is 0 Å². The zero-order valence-corrected chi connectivity index (χ0v) is 8.91. The number of hydrogen-bond donors (Lipinski definition) is 0. The summed E-state index contributed by atoms with van der Waals surface area (Å²) in [6.45, 7) is 1.81. The third-order valence-corrected chi connectivity index (χ3v) is 2.19. The molecule has 0 spiro atoms. The van der Waals surface area contributed by atoms with Crippen LogP contribution in [0.1, 0.15) is 11.1 Å². The van der Waals surface area contributed by atoms with Crippen molar-refractivity contribution in [2.45, 2.75) is 6.92 Å². The van der Waals surface area contributed by atoms with Crippen LogP contribution in [0.4, 0.5) is 8.78 Å². The van der Waals surface area contributed by atoms with Crippen molar-refractivity contribution in [3.63, 3.8) is 0 Å². The molecule has 0 amide bonds. The molecule has 0 bridgehead atoms. The van der Waals surface area contributed by atoms with Crippen molar-refractivity contribution in [3.05, 3.63) is 47.3 Å². The van der Waals surface area contributed by atoms with Gasteiger partial charge in [-0.3, -0.25) is 0 Å². The molecular weight excluding hydrogens is 224 g/mol. The van der Waals surface area contributed by atoms with E-state index in [0.717, 1.165) is 17.7 Å².